The van der Waals surface area contributed by atoms with Gasteiger partial charge in [-0.1, -0.05) is 17.7 Å². The molecule has 0 spiro atoms. The third-order valence-corrected chi connectivity index (χ3v) is 5.52. The highest BCUT2D eigenvalue weighted by molar-refractivity contribution is 7.92. The van der Waals surface area contributed by atoms with Gasteiger partial charge in [-0.05, 0) is 69.0 Å². The Bertz CT molecular complexity index is 793. The van der Waals surface area contributed by atoms with E-state index >= 15 is 0 Å². The second kappa shape index (κ2) is 5.65. The number of phenols is 1. The van der Waals surface area contributed by atoms with E-state index in [2.05, 4.69) is 4.72 Å². The van der Waals surface area contributed by atoms with Crippen molar-refractivity contribution < 1.29 is 13.5 Å². The average molecular weight is 319 g/mol. The number of rotatable bonds is 3. The predicted octanol–water partition coefficient (Wildman–Crippen LogP) is 3.74. The molecule has 0 bridgehead atoms. The summed E-state index contributed by atoms with van der Waals surface area (Å²) in [7, 11) is -3.65. The van der Waals surface area contributed by atoms with Crippen LogP contribution in [0.5, 0.6) is 5.75 Å². The fourth-order valence-electron chi connectivity index (χ4n) is 2.36. The molecule has 2 N–H and O–H groups in total. The van der Waals surface area contributed by atoms with Gasteiger partial charge in [-0.2, -0.15) is 0 Å². The van der Waals surface area contributed by atoms with E-state index in [4.69, 9.17) is 0 Å². The van der Waals surface area contributed by atoms with Gasteiger partial charge in [0.25, 0.3) is 10.0 Å². The normalized spacial score (nSPS) is 11.5. The van der Waals surface area contributed by atoms with E-state index in [0.717, 1.165) is 16.7 Å². The molecular weight excluding hydrogens is 298 g/mol. The van der Waals surface area contributed by atoms with Gasteiger partial charge in [0.05, 0.1) is 10.6 Å². The Morgan fingerprint density at radius 3 is 1.73 bits per heavy atom. The number of anilines is 1. The number of sulfonamides is 1. The molecule has 0 unspecified atom stereocenters. The van der Waals surface area contributed by atoms with Crippen molar-refractivity contribution in [2.45, 2.75) is 39.5 Å². The molecule has 0 fully saturated rings. The third-order valence-electron chi connectivity index (χ3n) is 4.15. The molecule has 2 rings (SSSR count). The second-order valence-corrected chi connectivity index (χ2v) is 7.32. The molecule has 5 heteroatoms. The fourth-order valence-corrected chi connectivity index (χ4v) is 3.54. The number of aryl methyl sites for hydroxylation is 1. The molecule has 0 amide bonds. The molecule has 22 heavy (non-hydrogen) atoms. The van der Waals surface area contributed by atoms with Crippen LogP contribution in [0.4, 0.5) is 5.69 Å². The van der Waals surface area contributed by atoms with E-state index in [-0.39, 0.29) is 10.6 Å². The SMILES string of the molecule is Cc1ccc(S(=O)(=O)Nc2c(C)c(C)c(O)c(C)c2C)cc1. The number of aromatic hydroxyl groups is 1. The standard InChI is InChI=1S/C17H21NO3S/c1-10-6-8-15(9-7-10)22(20,21)18-16-11(2)13(4)17(19)14(5)12(16)3/h6-9,18-19H,1-5H3. The van der Waals surface area contributed by atoms with Gasteiger partial charge in [0.15, 0.2) is 0 Å². The van der Waals surface area contributed by atoms with Crippen LogP contribution in [-0.4, -0.2) is 13.5 Å². The zero-order valence-corrected chi connectivity index (χ0v) is 14.3. The summed E-state index contributed by atoms with van der Waals surface area (Å²) in [5.41, 5.74) is 4.37. The summed E-state index contributed by atoms with van der Waals surface area (Å²) in [4.78, 5) is 0.222. The molecular formula is C17H21NO3S. The Morgan fingerprint density at radius 1 is 0.818 bits per heavy atom. The van der Waals surface area contributed by atoms with Crippen LogP contribution < -0.4 is 4.72 Å². The van der Waals surface area contributed by atoms with Gasteiger partial charge in [-0.25, -0.2) is 8.42 Å². The number of nitrogens with one attached hydrogen (secondary N) is 1. The van der Waals surface area contributed by atoms with E-state index in [1.165, 1.54) is 0 Å². The van der Waals surface area contributed by atoms with Crippen molar-refractivity contribution in [3.05, 3.63) is 52.1 Å². The Balaban J connectivity index is 2.53. The second-order valence-electron chi connectivity index (χ2n) is 5.64. The van der Waals surface area contributed by atoms with E-state index in [1.807, 2.05) is 6.92 Å². The lowest BCUT2D eigenvalue weighted by atomic mass is 9.98. The van der Waals surface area contributed by atoms with Crippen molar-refractivity contribution in [1.29, 1.82) is 0 Å². The Hall–Kier alpha value is -2.01. The smallest absolute Gasteiger partial charge is 0.261 e. The molecule has 0 aliphatic carbocycles. The number of benzene rings is 2. The lowest BCUT2D eigenvalue weighted by Crippen LogP contribution is -2.15. The maximum atomic E-state index is 12.6. The first-order valence-corrected chi connectivity index (χ1v) is 8.52. The van der Waals surface area contributed by atoms with Crippen molar-refractivity contribution >= 4 is 15.7 Å². The molecule has 0 aromatic heterocycles. The molecule has 118 valence electrons. The van der Waals surface area contributed by atoms with Gasteiger partial charge >= 0.3 is 0 Å². The van der Waals surface area contributed by atoms with Crippen LogP contribution in [0.25, 0.3) is 0 Å². The van der Waals surface area contributed by atoms with Gasteiger partial charge in [-0.15, -0.1) is 0 Å². The van der Waals surface area contributed by atoms with Gasteiger partial charge in [-0.3, -0.25) is 4.72 Å². The van der Waals surface area contributed by atoms with Gasteiger partial charge in [0, 0.05) is 0 Å². The minimum absolute atomic E-state index is 0.216. The lowest BCUT2D eigenvalue weighted by molar-refractivity contribution is 0.466. The summed E-state index contributed by atoms with van der Waals surface area (Å²) < 4.78 is 27.8. The van der Waals surface area contributed by atoms with Crippen molar-refractivity contribution in [2.75, 3.05) is 4.72 Å². The largest absolute Gasteiger partial charge is 0.507 e. The highest BCUT2D eigenvalue weighted by Crippen LogP contribution is 2.35. The van der Waals surface area contributed by atoms with Crippen LogP contribution in [0.15, 0.2) is 29.2 Å². The Kier molecular flexibility index (Phi) is 4.20. The van der Waals surface area contributed by atoms with Crippen LogP contribution >= 0.6 is 0 Å². The Labute approximate surface area is 131 Å². The molecule has 0 saturated heterocycles. The predicted molar refractivity (Wildman–Crippen MR) is 89.0 cm³/mol. The first-order valence-electron chi connectivity index (χ1n) is 7.04. The van der Waals surface area contributed by atoms with E-state index in [1.54, 1.807) is 52.0 Å². The van der Waals surface area contributed by atoms with E-state index in [0.29, 0.717) is 16.8 Å². The first kappa shape index (κ1) is 16.4. The molecule has 0 aliphatic rings. The molecule has 2 aromatic rings. The Morgan fingerprint density at radius 2 is 1.27 bits per heavy atom. The van der Waals surface area contributed by atoms with Crippen LogP contribution in [0.3, 0.4) is 0 Å². The van der Waals surface area contributed by atoms with Crippen LogP contribution in [0.1, 0.15) is 27.8 Å². The zero-order chi connectivity index (χ0) is 16.7. The minimum atomic E-state index is -3.65. The quantitative estimate of drug-likeness (QED) is 0.847. The highest BCUT2D eigenvalue weighted by atomic mass is 32.2. The molecule has 0 radical (unpaired) electrons. The van der Waals surface area contributed by atoms with Crippen LogP contribution in [0.2, 0.25) is 0 Å². The summed E-state index contributed by atoms with van der Waals surface area (Å²) in [6, 6.07) is 6.70. The summed E-state index contributed by atoms with van der Waals surface area (Å²) in [5, 5.41) is 10.1. The maximum absolute atomic E-state index is 12.6. The van der Waals surface area contributed by atoms with Gasteiger partial charge in [0.2, 0.25) is 0 Å². The van der Waals surface area contributed by atoms with E-state index in [9.17, 15) is 13.5 Å². The monoisotopic (exact) mass is 319 g/mol. The summed E-state index contributed by atoms with van der Waals surface area (Å²) in [5.74, 6) is 0.216. The van der Waals surface area contributed by atoms with Crippen LogP contribution in [0, 0.1) is 34.6 Å². The number of phenolic OH excluding ortho intramolecular Hbond substituents is 1. The van der Waals surface area contributed by atoms with Gasteiger partial charge in [0.1, 0.15) is 5.75 Å². The van der Waals surface area contributed by atoms with Crippen molar-refractivity contribution in [3.8, 4) is 5.75 Å². The molecule has 0 aliphatic heterocycles. The topological polar surface area (TPSA) is 66.4 Å². The van der Waals surface area contributed by atoms with Crippen molar-refractivity contribution in [3.63, 3.8) is 0 Å². The van der Waals surface area contributed by atoms with Crippen molar-refractivity contribution in [2.24, 2.45) is 0 Å². The lowest BCUT2D eigenvalue weighted by Gasteiger charge is -2.19. The van der Waals surface area contributed by atoms with Crippen molar-refractivity contribution in [1.82, 2.24) is 0 Å². The molecule has 0 heterocycles. The molecule has 0 atom stereocenters. The maximum Gasteiger partial charge on any atom is 0.261 e. The van der Waals surface area contributed by atoms with Crippen LogP contribution in [-0.2, 0) is 10.0 Å². The first-order chi connectivity index (χ1) is 10.1. The van der Waals surface area contributed by atoms with Gasteiger partial charge < -0.3 is 5.11 Å². The fraction of sp³-hybridized carbons (Fsp3) is 0.294. The van der Waals surface area contributed by atoms with E-state index < -0.39 is 10.0 Å². The molecule has 0 saturated carbocycles. The molecule has 2 aromatic carbocycles. The summed E-state index contributed by atoms with van der Waals surface area (Å²) >= 11 is 0. The summed E-state index contributed by atoms with van der Waals surface area (Å²) in [6.07, 6.45) is 0. The number of hydrogen-bond acceptors (Lipinski definition) is 3. The third kappa shape index (κ3) is 2.81. The zero-order valence-electron chi connectivity index (χ0n) is 13.5. The molecule has 4 nitrogen and oxygen atoms in total. The highest BCUT2D eigenvalue weighted by Gasteiger charge is 2.20. The summed E-state index contributed by atoms with van der Waals surface area (Å²) in [6.45, 7) is 9.06. The number of hydrogen-bond donors (Lipinski definition) is 2. The minimum Gasteiger partial charge on any atom is -0.507 e. The average Bonchev–Trinajstić information content (AvgIpc) is 2.48.